The molecule has 1 unspecified atom stereocenters. The Morgan fingerprint density at radius 2 is 2.31 bits per heavy atom. The molecule has 2 N–H and O–H groups in total. The molecule has 1 amide bonds. The highest BCUT2D eigenvalue weighted by Gasteiger charge is 2.13. The number of nitrogens with zero attached hydrogens (tertiary/aromatic N) is 1. The number of nitrogens with two attached hydrogens (primary N) is 1. The van der Waals surface area contributed by atoms with E-state index in [2.05, 4.69) is 11.4 Å². The normalized spacial score (nSPS) is 11.7. The minimum absolute atomic E-state index is 0. The van der Waals surface area contributed by atoms with E-state index in [0.717, 1.165) is 6.42 Å². The maximum absolute atomic E-state index is 11.7. The van der Waals surface area contributed by atoms with Crippen molar-refractivity contribution < 1.29 is 4.79 Å². The zero-order valence-corrected chi connectivity index (χ0v) is 11.3. The molecular formula is C11H19ClN2OS. The molecule has 1 atom stereocenters. The molecule has 1 rings (SSSR count). The van der Waals surface area contributed by atoms with E-state index in [1.54, 1.807) is 16.2 Å². The molecule has 0 aliphatic carbocycles. The standard InChI is InChI=1S/C11H18N2OS.ClH/c1-9(7-12)13(2)11(14)4-3-10-5-6-15-8-10;/h5-6,8-9H,3-4,7,12H2,1-2H3;1H. The summed E-state index contributed by atoms with van der Waals surface area (Å²) in [5.41, 5.74) is 6.75. The number of rotatable bonds is 5. The minimum Gasteiger partial charge on any atom is -0.342 e. The van der Waals surface area contributed by atoms with E-state index in [1.807, 2.05) is 19.4 Å². The number of likely N-dealkylation sites (N-methyl/N-ethyl adjacent to an activating group) is 1. The van der Waals surface area contributed by atoms with Gasteiger partial charge in [0, 0.05) is 26.1 Å². The summed E-state index contributed by atoms with van der Waals surface area (Å²) in [6.07, 6.45) is 1.39. The van der Waals surface area contributed by atoms with Crippen molar-refractivity contribution >= 4 is 29.7 Å². The highest BCUT2D eigenvalue weighted by molar-refractivity contribution is 7.07. The van der Waals surface area contributed by atoms with E-state index in [-0.39, 0.29) is 24.4 Å². The van der Waals surface area contributed by atoms with Crippen LogP contribution in [0.4, 0.5) is 0 Å². The fourth-order valence-electron chi connectivity index (χ4n) is 1.27. The first-order valence-corrected chi connectivity index (χ1v) is 6.06. The molecule has 0 saturated heterocycles. The number of carbonyl (C=O) groups excluding carboxylic acids is 1. The molecule has 0 aliphatic rings. The average Bonchev–Trinajstić information content (AvgIpc) is 2.76. The van der Waals surface area contributed by atoms with Crippen molar-refractivity contribution in [2.75, 3.05) is 13.6 Å². The summed E-state index contributed by atoms with van der Waals surface area (Å²) in [6.45, 7) is 2.48. The Morgan fingerprint density at radius 3 is 2.81 bits per heavy atom. The Morgan fingerprint density at radius 1 is 1.62 bits per heavy atom. The molecule has 0 fully saturated rings. The highest BCUT2D eigenvalue weighted by atomic mass is 35.5. The number of thiophene rings is 1. The fourth-order valence-corrected chi connectivity index (χ4v) is 1.97. The molecule has 1 heterocycles. The van der Waals surface area contributed by atoms with Crippen LogP contribution in [-0.2, 0) is 11.2 Å². The smallest absolute Gasteiger partial charge is 0.222 e. The van der Waals surface area contributed by atoms with Gasteiger partial charge in [0.05, 0.1) is 0 Å². The first-order chi connectivity index (χ1) is 7.15. The van der Waals surface area contributed by atoms with Crippen molar-refractivity contribution in [3.63, 3.8) is 0 Å². The Labute approximate surface area is 107 Å². The molecular weight excluding hydrogens is 244 g/mol. The lowest BCUT2D eigenvalue weighted by Crippen LogP contribution is -2.39. The van der Waals surface area contributed by atoms with Gasteiger partial charge < -0.3 is 10.6 Å². The van der Waals surface area contributed by atoms with Gasteiger partial charge in [-0.3, -0.25) is 4.79 Å². The number of carbonyl (C=O) groups is 1. The number of amides is 1. The number of aryl methyl sites for hydroxylation is 1. The van der Waals surface area contributed by atoms with E-state index in [9.17, 15) is 4.79 Å². The van der Waals surface area contributed by atoms with Gasteiger partial charge in [0.15, 0.2) is 0 Å². The largest absolute Gasteiger partial charge is 0.342 e. The van der Waals surface area contributed by atoms with E-state index < -0.39 is 0 Å². The second-order valence-electron chi connectivity index (χ2n) is 3.72. The molecule has 0 aliphatic heterocycles. The lowest BCUT2D eigenvalue weighted by molar-refractivity contribution is -0.131. The Hall–Kier alpha value is -0.580. The third-order valence-corrected chi connectivity index (χ3v) is 3.34. The Balaban J connectivity index is 0.00000225. The average molecular weight is 263 g/mol. The van der Waals surface area contributed by atoms with E-state index in [1.165, 1.54) is 5.56 Å². The van der Waals surface area contributed by atoms with Crippen molar-refractivity contribution in [2.45, 2.75) is 25.8 Å². The molecule has 0 aromatic carbocycles. The van der Waals surface area contributed by atoms with Crippen molar-refractivity contribution in [1.82, 2.24) is 4.90 Å². The summed E-state index contributed by atoms with van der Waals surface area (Å²) in [4.78, 5) is 13.4. The monoisotopic (exact) mass is 262 g/mol. The molecule has 1 aromatic rings. The summed E-state index contributed by atoms with van der Waals surface area (Å²) < 4.78 is 0. The summed E-state index contributed by atoms with van der Waals surface area (Å²) >= 11 is 1.67. The summed E-state index contributed by atoms with van der Waals surface area (Å²) in [5.74, 6) is 0.166. The molecule has 0 bridgehead atoms. The van der Waals surface area contributed by atoms with Gasteiger partial charge in [-0.25, -0.2) is 0 Å². The summed E-state index contributed by atoms with van der Waals surface area (Å²) in [7, 11) is 1.81. The lowest BCUT2D eigenvalue weighted by Gasteiger charge is -2.23. The fraction of sp³-hybridized carbons (Fsp3) is 0.545. The van der Waals surface area contributed by atoms with Crippen LogP contribution in [0.15, 0.2) is 16.8 Å². The number of hydrogen-bond donors (Lipinski definition) is 1. The maximum Gasteiger partial charge on any atom is 0.222 e. The molecule has 3 nitrogen and oxygen atoms in total. The van der Waals surface area contributed by atoms with Crippen molar-refractivity contribution in [1.29, 1.82) is 0 Å². The minimum atomic E-state index is 0. The van der Waals surface area contributed by atoms with Gasteiger partial charge in [-0.2, -0.15) is 11.3 Å². The third kappa shape index (κ3) is 4.51. The van der Waals surface area contributed by atoms with Crippen LogP contribution in [0.25, 0.3) is 0 Å². The number of hydrogen-bond acceptors (Lipinski definition) is 3. The van der Waals surface area contributed by atoms with Gasteiger partial charge in [-0.1, -0.05) is 0 Å². The quantitative estimate of drug-likeness (QED) is 0.881. The Kier molecular flexibility index (Phi) is 7.38. The predicted octanol–water partition coefficient (Wildman–Crippen LogP) is 1.91. The van der Waals surface area contributed by atoms with Gasteiger partial charge in [-0.15, -0.1) is 12.4 Å². The van der Waals surface area contributed by atoms with Gasteiger partial charge >= 0.3 is 0 Å². The molecule has 0 saturated carbocycles. The molecule has 1 aromatic heterocycles. The van der Waals surface area contributed by atoms with Gasteiger partial charge in [0.25, 0.3) is 0 Å². The van der Waals surface area contributed by atoms with Crippen LogP contribution < -0.4 is 5.73 Å². The van der Waals surface area contributed by atoms with Gasteiger partial charge in [0.2, 0.25) is 5.91 Å². The topological polar surface area (TPSA) is 46.3 Å². The van der Waals surface area contributed by atoms with Crippen LogP contribution in [0.3, 0.4) is 0 Å². The van der Waals surface area contributed by atoms with Crippen molar-refractivity contribution in [2.24, 2.45) is 5.73 Å². The Bertz CT molecular complexity index is 303. The van der Waals surface area contributed by atoms with Crippen LogP contribution in [0.5, 0.6) is 0 Å². The van der Waals surface area contributed by atoms with Crippen molar-refractivity contribution in [3.8, 4) is 0 Å². The van der Waals surface area contributed by atoms with Crippen LogP contribution in [0, 0.1) is 0 Å². The second-order valence-corrected chi connectivity index (χ2v) is 4.50. The summed E-state index contributed by atoms with van der Waals surface area (Å²) in [6, 6.07) is 2.18. The molecule has 5 heteroatoms. The maximum atomic E-state index is 11.7. The van der Waals surface area contributed by atoms with Crippen LogP contribution >= 0.6 is 23.7 Å². The molecule has 0 radical (unpaired) electrons. The SMILES string of the molecule is CC(CN)N(C)C(=O)CCc1ccsc1.Cl. The zero-order valence-electron chi connectivity index (χ0n) is 9.68. The second kappa shape index (κ2) is 7.65. The molecule has 0 spiro atoms. The molecule has 16 heavy (non-hydrogen) atoms. The van der Waals surface area contributed by atoms with Crippen molar-refractivity contribution in [3.05, 3.63) is 22.4 Å². The van der Waals surface area contributed by atoms with Gasteiger partial charge in [-0.05, 0) is 35.7 Å². The summed E-state index contributed by atoms with van der Waals surface area (Å²) in [5, 5.41) is 4.12. The van der Waals surface area contributed by atoms with E-state index >= 15 is 0 Å². The first kappa shape index (κ1) is 15.4. The van der Waals surface area contributed by atoms with Gasteiger partial charge in [0.1, 0.15) is 0 Å². The van der Waals surface area contributed by atoms with E-state index in [4.69, 9.17) is 5.73 Å². The number of halogens is 1. The van der Waals surface area contributed by atoms with E-state index in [0.29, 0.717) is 13.0 Å². The van der Waals surface area contributed by atoms with Crippen LogP contribution in [-0.4, -0.2) is 30.4 Å². The first-order valence-electron chi connectivity index (χ1n) is 5.12. The van der Waals surface area contributed by atoms with Crippen LogP contribution in [0.2, 0.25) is 0 Å². The lowest BCUT2D eigenvalue weighted by atomic mass is 10.1. The predicted molar refractivity (Wildman–Crippen MR) is 71.2 cm³/mol. The third-order valence-electron chi connectivity index (χ3n) is 2.60. The van der Waals surface area contributed by atoms with Crippen LogP contribution in [0.1, 0.15) is 18.9 Å². The zero-order chi connectivity index (χ0) is 11.3. The molecule has 92 valence electrons. The highest BCUT2D eigenvalue weighted by Crippen LogP contribution is 2.09.